The fraction of sp³-hybridized carbons (Fsp3) is 0.552. The second-order valence-electron chi connectivity index (χ2n) is 11.3. The number of halogens is 4. The Kier molecular flexibility index (Phi) is 8.35. The lowest BCUT2D eigenvalue weighted by Crippen LogP contribution is -2.54. The van der Waals surface area contributed by atoms with E-state index in [1.807, 2.05) is 18.9 Å². The third-order valence-electron chi connectivity index (χ3n) is 8.45. The molecule has 4 heterocycles. The van der Waals surface area contributed by atoms with Gasteiger partial charge in [-0.3, -0.25) is 4.79 Å². The van der Waals surface area contributed by atoms with Gasteiger partial charge in [0.15, 0.2) is 5.82 Å². The maximum absolute atomic E-state index is 15.3. The van der Waals surface area contributed by atoms with E-state index in [-0.39, 0.29) is 48.3 Å². The summed E-state index contributed by atoms with van der Waals surface area (Å²) >= 11 is 0. The summed E-state index contributed by atoms with van der Waals surface area (Å²) in [6.45, 7) is 9.28. The molecule has 9 nitrogen and oxygen atoms in total. The summed E-state index contributed by atoms with van der Waals surface area (Å²) in [5, 5.41) is 0. The zero-order valence-electron chi connectivity index (χ0n) is 24.0. The number of aryl methyl sites for hydroxylation is 1. The molecule has 0 radical (unpaired) electrons. The van der Waals surface area contributed by atoms with Crippen LogP contribution in [0.3, 0.4) is 0 Å². The monoisotopic (exact) mass is 592 g/mol. The zero-order valence-corrected chi connectivity index (χ0v) is 24.0. The van der Waals surface area contributed by atoms with Gasteiger partial charge >= 0.3 is 12.2 Å². The lowest BCUT2D eigenvalue weighted by Gasteiger charge is -2.41. The average Bonchev–Trinajstić information content (AvgIpc) is 3.36. The molecule has 2 fully saturated rings. The van der Waals surface area contributed by atoms with E-state index in [2.05, 4.69) is 16.5 Å². The first-order valence-electron chi connectivity index (χ1n) is 14.1. The summed E-state index contributed by atoms with van der Waals surface area (Å²) in [6.07, 6.45) is -2.91. The van der Waals surface area contributed by atoms with Gasteiger partial charge in [0.05, 0.1) is 29.7 Å². The first-order chi connectivity index (χ1) is 19.9. The van der Waals surface area contributed by atoms with Crippen LogP contribution in [0, 0.1) is 12.7 Å². The van der Waals surface area contributed by atoms with Crippen LogP contribution in [-0.4, -0.2) is 77.6 Å². The van der Waals surface area contributed by atoms with E-state index in [4.69, 9.17) is 20.2 Å². The number of nitrogens with zero attached hydrogens (tertiary/aromatic N) is 5. The summed E-state index contributed by atoms with van der Waals surface area (Å²) in [5.41, 5.74) is 4.52. The lowest BCUT2D eigenvalue weighted by molar-refractivity contribution is -0.140. The number of carbonyl (C=O) groups is 1. The van der Waals surface area contributed by atoms with Crippen LogP contribution < -0.4 is 15.4 Å². The van der Waals surface area contributed by atoms with Gasteiger partial charge in [-0.15, -0.1) is 0 Å². The van der Waals surface area contributed by atoms with Crippen LogP contribution in [0.5, 0.6) is 6.01 Å². The third kappa shape index (κ3) is 5.76. The first kappa shape index (κ1) is 30.0. The number of rotatable bonds is 6. The molecule has 3 aliphatic rings. The number of amides is 1. The molecule has 13 heteroatoms. The smallest absolute Gasteiger partial charge is 0.417 e. The molecular formula is C29H36F4N6O3. The van der Waals surface area contributed by atoms with Crippen LogP contribution in [-0.2, 0) is 28.7 Å². The van der Waals surface area contributed by atoms with Crippen LogP contribution in [0.1, 0.15) is 53.8 Å². The molecule has 1 amide bonds. The summed E-state index contributed by atoms with van der Waals surface area (Å²) in [5.74, 6) is -0.776. The fourth-order valence-electron chi connectivity index (χ4n) is 6.20. The average molecular weight is 593 g/mol. The number of nitrogens with two attached hydrogens (primary N) is 1. The zero-order chi connectivity index (χ0) is 30.3. The van der Waals surface area contributed by atoms with Gasteiger partial charge in [0, 0.05) is 49.3 Å². The summed E-state index contributed by atoms with van der Waals surface area (Å²) < 4.78 is 69.7. The highest BCUT2D eigenvalue weighted by atomic mass is 19.4. The number of piperazine rings is 1. The highest BCUT2D eigenvalue weighted by molar-refractivity contribution is 5.87. The van der Waals surface area contributed by atoms with Gasteiger partial charge in [-0.25, -0.2) is 4.39 Å². The van der Waals surface area contributed by atoms with E-state index in [1.165, 1.54) is 13.0 Å². The molecule has 0 bridgehead atoms. The molecule has 2 aromatic rings. The van der Waals surface area contributed by atoms with Gasteiger partial charge in [-0.05, 0) is 58.0 Å². The number of hydrogen-bond acceptors (Lipinski definition) is 8. The number of fused-ring (bicyclic) bond motifs is 1. The summed E-state index contributed by atoms with van der Waals surface area (Å²) in [7, 11) is 2.02. The van der Waals surface area contributed by atoms with Crippen LogP contribution in [0.2, 0.25) is 0 Å². The molecule has 3 aliphatic heterocycles. The fourth-order valence-corrected chi connectivity index (χ4v) is 6.20. The maximum Gasteiger partial charge on any atom is 0.417 e. The molecule has 3 atom stereocenters. The van der Waals surface area contributed by atoms with Crippen LogP contribution in [0.25, 0.3) is 0 Å². The van der Waals surface area contributed by atoms with E-state index in [0.29, 0.717) is 43.3 Å². The summed E-state index contributed by atoms with van der Waals surface area (Å²) in [6, 6.07) is 1.14. The van der Waals surface area contributed by atoms with Gasteiger partial charge in [0.1, 0.15) is 12.4 Å². The normalized spacial score (nSPS) is 23.2. The van der Waals surface area contributed by atoms with Crippen molar-refractivity contribution in [1.82, 2.24) is 19.8 Å². The number of nitrogen functional groups attached to an aromatic ring is 1. The Labute approximate surface area is 242 Å². The third-order valence-corrected chi connectivity index (χ3v) is 8.45. The van der Waals surface area contributed by atoms with E-state index < -0.39 is 29.2 Å². The molecule has 1 aromatic heterocycles. The van der Waals surface area contributed by atoms with Gasteiger partial charge in [0.25, 0.3) is 0 Å². The van der Waals surface area contributed by atoms with Crippen molar-refractivity contribution in [3.8, 4) is 6.01 Å². The number of likely N-dealkylation sites (N-methyl/N-ethyl adjacent to an activating group) is 1. The number of likely N-dealkylation sites (tertiary alicyclic amines) is 1. The highest BCUT2D eigenvalue weighted by Crippen LogP contribution is 2.44. The van der Waals surface area contributed by atoms with E-state index in [0.717, 1.165) is 25.5 Å². The van der Waals surface area contributed by atoms with Crippen LogP contribution >= 0.6 is 0 Å². The Hall–Kier alpha value is -3.45. The first-order valence-corrected chi connectivity index (χ1v) is 14.1. The Morgan fingerprint density at radius 2 is 2.05 bits per heavy atom. The predicted octanol–water partition coefficient (Wildman–Crippen LogP) is 4.04. The van der Waals surface area contributed by atoms with Crippen molar-refractivity contribution in [3.05, 3.63) is 52.5 Å². The van der Waals surface area contributed by atoms with Crippen molar-refractivity contribution in [2.24, 2.45) is 0 Å². The molecule has 0 unspecified atom stereocenters. The SMILES string of the molecule is C=CC(=O)N1CCN(c2nc(OC[C@@H]3CCCN3C)nc3c2CO[C@@H](c2c(F)c(N)cc(C)c2C(F)(F)F)C3)[C@H](C)C1. The van der Waals surface area contributed by atoms with Gasteiger partial charge in [0.2, 0.25) is 5.91 Å². The number of benzene rings is 1. The quantitative estimate of drug-likeness (QED) is 0.305. The number of hydrogen-bond donors (Lipinski definition) is 1. The minimum atomic E-state index is -4.81. The number of anilines is 2. The maximum atomic E-state index is 15.3. The van der Waals surface area contributed by atoms with Crippen molar-refractivity contribution >= 4 is 17.4 Å². The van der Waals surface area contributed by atoms with Gasteiger partial charge in [-0.1, -0.05) is 6.58 Å². The second kappa shape index (κ2) is 11.7. The molecule has 0 spiro atoms. The van der Waals surface area contributed by atoms with E-state index in [1.54, 1.807) is 4.90 Å². The predicted molar refractivity (Wildman–Crippen MR) is 149 cm³/mol. The molecule has 1 aromatic carbocycles. The lowest BCUT2D eigenvalue weighted by atomic mass is 9.91. The Balaban J connectivity index is 1.52. The molecule has 2 saturated heterocycles. The number of aromatic nitrogens is 2. The van der Waals surface area contributed by atoms with Gasteiger partial charge in [-0.2, -0.15) is 23.1 Å². The minimum absolute atomic E-state index is 0.0989. The molecular weight excluding hydrogens is 556 g/mol. The second-order valence-corrected chi connectivity index (χ2v) is 11.3. The van der Waals surface area contributed by atoms with Crippen molar-refractivity contribution in [2.45, 2.75) is 64.1 Å². The highest BCUT2D eigenvalue weighted by Gasteiger charge is 2.42. The Morgan fingerprint density at radius 1 is 1.29 bits per heavy atom. The molecule has 5 rings (SSSR count). The van der Waals surface area contributed by atoms with Crippen molar-refractivity contribution in [1.29, 1.82) is 0 Å². The topological polar surface area (TPSA) is 97.0 Å². The van der Waals surface area contributed by atoms with Crippen LogP contribution in [0.15, 0.2) is 18.7 Å². The molecule has 0 aliphatic carbocycles. The van der Waals surface area contributed by atoms with Crippen molar-refractivity contribution < 1.29 is 31.8 Å². The van der Waals surface area contributed by atoms with Crippen molar-refractivity contribution in [2.75, 3.05) is 50.5 Å². The minimum Gasteiger partial charge on any atom is -0.462 e. The molecule has 2 N–H and O–H groups in total. The van der Waals surface area contributed by atoms with Crippen molar-refractivity contribution in [3.63, 3.8) is 0 Å². The Bertz CT molecular complexity index is 1370. The number of ether oxygens (including phenoxy) is 2. The number of carbonyl (C=O) groups excluding carboxylic acids is 1. The molecule has 0 saturated carbocycles. The van der Waals surface area contributed by atoms with Crippen LogP contribution in [0.4, 0.5) is 29.1 Å². The van der Waals surface area contributed by atoms with E-state index in [9.17, 15) is 18.0 Å². The Morgan fingerprint density at radius 3 is 2.69 bits per heavy atom. The number of alkyl halides is 3. The standard InChI is InChI=1S/C29H36F4N6O3/c1-5-23(40)38-9-10-39(17(3)13-38)27-19-15-41-22(24-25(29(31,32)33)16(2)11-20(34)26(24)30)12-21(19)35-28(36-27)42-14-18-7-6-8-37(18)4/h5,11,17-18,22H,1,6-10,12-15,34H2,2-4H3/t17-,18+,22-/m1/s1. The molecule has 42 heavy (non-hydrogen) atoms. The van der Waals surface area contributed by atoms with Gasteiger partial charge < -0.3 is 29.9 Å². The van der Waals surface area contributed by atoms with E-state index >= 15 is 4.39 Å². The summed E-state index contributed by atoms with van der Waals surface area (Å²) in [4.78, 5) is 27.5. The largest absolute Gasteiger partial charge is 0.462 e. The molecule has 228 valence electrons.